The van der Waals surface area contributed by atoms with Crippen molar-refractivity contribution in [1.29, 1.82) is 0 Å². The minimum atomic E-state index is -0.367. The Morgan fingerprint density at radius 2 is 2.00 bits per heavy atom. The lowest BCUT2D eigenvalue weighted by Crippen LogP contribution is -2.38. The van der Waals surface area contributed by atoms with E-state index in [0.29, 0.717) is 11.4 Å². The number of para-hydroxylation sites is 2. The molecule has 2 amide bonds. The lowest BCUT2D eigenvalue weighted by molar-refractivity contribution is -0.131. The first-order chi connectivity index (χ1) is 8.50. The molecule has 98 valence electrons. The number of nitrogens with one attached hydrogen (secondary N) is 1. The van der Waals surface area contributed by atoms with E-state index in [2.05, 4.69) is 5.32 Å². The smallest absolute Gasteiger partial charge is 0.258 e. The van der Waals surface area contributed by atoms with Crippen LogP contribution in [0.3, 0.4) is 0 Å². The van der Waals surface area contributed by atoms with Crippen molar-refractivity contribution in [3.63, 3.8) is 0 Å². The van der Waals surface area contributed by atoms with Gasteiger partial charge in [0.2, 0.25) is 5.91 Å². The van der Waals surface area contributed by atoms with Crippen molar-refractivity contribution in [3.05, 3.63) is 24.3 Å². The van der Waals surface area contributed by atoms with Crippen molar-refractivity contribution in [1.82, 2.24) is 10.2 Å². The van der Waals surface area contributed by atoms with E-state index in [1.54, 1.807) is 38.4 Å². The summed E-state index contributed by atoms with van der Waals surface area (Å²) in [6.45, 7) is -0.214. The van der Waals surface area contributed by atoms with Crippen LogP contribution in [0.5, 0.6) is 5.75 Å². The molecule has 0 saturated carbocycles. The van der Waals surface area contributed by atoms with Crippen molar-refractivity contribution in [2.45, 2.75) is 0 Å². The average Bonchev–Trinajstić information content (AvgIpc) is 2.34. The molecule has 0 saturated heterocycles. The molecule has 0 unspecified atom stereocenters. The van der Waals surface area contributed by atoms with Crippen molar-refractivity contribution < 1.29 is 14.3 Å². The molecule has 0 bridgehead atoms. The van der Waals surface area contributed by atoms with E-state index in [1.807, 2.05) is 0 Å². The molecule has 18 heavy (non-hydrogen) atoms. The van der Waals surface area contributed by atoms with Gasteiger partial charge < -0.3 is 20.7 Å². The Labute approximate surface area is 106 Å². The first-order valence-electron chi connectivity index (χ1n) is 5.45. The molecule has 0 aliphatic rings. The van der Waals surface area contributed by atoms with E-state index >= 15 is 0 Å². The second-order valence-corrected chi connectivity index (χ2v) is 3.89. The van der Waals surface area contributed by atoms with Crippen LogP contribution in [0.2, 0.25) is 0 Å². The average molecular weight is 251 g/mol. The van der Waals surface area contributed by atoms with Gasteiger partial charge in [-0.05, 0) is 12.1 Å². The number of carbonyl (C=O) groups is 2. The molecule has 0 spiro atoms. The molecule has 1 aromatic carbocycles. The van der Waals surface area contributed by atoms with Gasteiger partial charge in [-0.2, -0.15) is 0 Å². The van der Waals surface area contributed by atoms with E-state index in [0.717, 1.165) is 0 Å². The van der Waals surface area contributed by atoms with Crippen molar-refractivity contribution in [2.24, 2.45) is 0 Å². The zero-order chi connectivity index (χ0) is 13.5. The summed E-state index contributed by atoms with van der Waals surface area (Å²) in [6.07, 6.45) is 0. The van der Waals surface area contributed by atoms with Gasteiger partial charge in [0.05, 0.1) is 12.2 Å². The first kappa shape index (κ1) is 13.8. The molecule has 0 heterocycles. The summed E-state index contributed by atoms with van der Waals surface area (Å²) in [5.41, 5.74) is 6.12. The Hall–Kier alpha value is -2.24. The summed E-state index contributed by atoms with van der Waals surface area (Å²) >= 11 is 0. The fourth-order valence-electron chi connectivity index (χ4n) is 1.14. The zero-order valence-electron chi connectivity index (χ0n) is 10.5. The Morgan fingerprint density at radius 1 is 1.33 bits per heavy atom. The number of hydrogen-bond donors (Lipinski definition) is 2. The Bertz CT molecular complexity index is 432. The molecule has 3 N–H and O–H groups in total. The molecule has 0 radical (unpaired) electrons. The van der Waals surface area contributed by atoms with E-state index in [1.165, 1.54) is 4.90 Å². The quantitative estimate of drug-likeness (QED) is 0.713. The summed E-state index contributed by atoms with van der Waals surface area (Å²) in [5.74, 6) is -0.0948. The Kier molecular flexibility index (Phi) is 4.98. The van der Waals surface area contributed by atoms with Crippen LogP contribution < -0.4 is 15.8 Å². The van der Waals surface area contributed by atoms with Crippen LogP contribution in [-0.2, 0) is 9.59 Å². The molecule has 0 atom stereocenters. The summed E-state index contributed by atoms with van der Waals surface area (Å²) in [7, 11) is 3.24. The predicted octanol–water partition coefficient (Wildman–Crippen LogP) is -0.148. The van der Waals surface area contributed by atoms with Crippen LogP contribution in [0.4, 0.5) is 5.69 Å². The molecule has 6 heteroatoms. The SMILES string of the molecule is CN(C)C(=O)CNC(=O)COc1ccccc1N. The third-order valence-electron chi connectivity index (χ3n) is 2.21. The number of rotatable bonds is 5. The fraction of sp³-hybridized carbons (Fsp3) is 0.333. The molecule has 1 aromatic rings. The maximum atomic E-state index is 11.4. The lowest BCUT2D eigenvalue weighted by atomic mass is 10.3. The van der Waals surface area contributed by atoms with Crippen LogP contribution >= 0.6 is 0 Å². The van der Waals surface area contributed by atoms with Gasteiger partial charge in [0.1, 0.15) is 5.75 Å². The molecular formula is C12H17N3O3. The second kappa shape index (κ2) is 6.48. The summed E-state index contributed by atoms with van der Waals surface area (Å²) in [5, 5.41) is 2.46. The molecule has 0 fully saturated rings. The predicted molar refractivity (Wildman–Crippen MR) is 68.1 cm³/mol. The maximum absolute atomic E-state index is 11.4. The maximum Gasteiger partial charge on any atom is 0.258 e. The number of anilines is 1. The van der Waals surface area contributed by atoms with Crippen LogP contribution in [0.25, 0.3) is 0 Å². The Balaban J connectivity index is 2.34. The molecule has 6 nitrogen and oxygen atoms in total. The van der Waals surface area contributed by atoms with Crippen molar-refractivity contribution in [2.75, 3.05) is 33.0 Å². The fourth-order valence-corrected chi connectivity index (χ4v) is 1.14. The van der Waals surface area contributed by atoms with E-state index in [9.17, 15) is 9.59 Å². The zero-order valence-corrected chi connectivity index (χ0v) is 10.5. The van der Waals surface area contributed by atoms with Gasteiger partial charge in [-0.25, -0.2) is 0 Å². The highest BCUT2D eigenvalue weighted by molar-refractivity contribution is 5.85. The van der Waals surface area contributed by atoms with E-state index in [-0.39, 0.29) is 25.0 Å². The van der Waals surface area contributed by atoms with Crippen molar-refractivity contribution >= 4 is 17.5 Å². The van der Waals surface area contributed by atoms with Crippen molar-refractivity contribution in [3.8, 4) is 5.75 Å². The van der Waals surface area contributed by atoms with Gasteiger partial charge in [0.25, 0.3) is 5.91 Å². The number of amides is 2. The number of carbonyl (C=O) groups excluding carboxylic acids is 2. The topological polar surface area (TPSA) is 84.7 Å². The summed E-state index contributed by atoms with van der Waals surface area (Å²) in [6, 6.07) is 6.90. The summed E-state index contributed by atoms with van der Waals surface area (Å²) < 4.78 is 5.23. The standard InChI is InChI=1S/C12H17N3O3/c1-15(2)12(17)7-14-11(16)8-18-10-6-4-3-5-9(10)13/h3-6H,7-8,13H2,1-2H3,(H,14,16). The molecule has 1 rings (SSSR count). The number of nitrogens with zero attached hydrogens (tertiary/aromatic N) is 1. The van der Waals surface area contributed by atoms with Gasteiger partial charge in [-0.1, -0.05) is 12.1 Å². The van der Waals surface area contributed by atoms with Crippen LogP contribution in [0.15, 0.2) is 24.3 Å². The minimum Gasteiger partial charge on any atom is -0.482 e. The molecule has 0 aliphatic heterocycles. The first-order valence-corrected chi connectivity index (χ1v) is 5.45. The van der Waals surface area contributed by atoms with Gasteiger partial charge in [-0.15, -0.1) is 0 Å². The number of likely N-dealkylation sites (N-methyl/N-ethyl adjacent to an activating group) is 1. The van der Waals surface area contributed by atoms with Gasteiger partial charge in [0, 0.05) is 14.1 Å². The third-order valence-corrected chi connectivity index (χ3v) is 2.21. The van der Waals surface area contributed by atoms with E-state index < -0.39 is 0 Å². The number of nitrogens with two attached hydrogens (primary N) is 1. The van der Waals surface area contributed by atoms with Crippen LogP contribution in [0.1, 0.15) is 0 Å². The summed E-state index contributed by atoms with van der Waals surface area (Å²) in [4.78, 5) is 24.0. The highest BCUT2D eigenvalue weighted by atomic mass is 16.5. The second-order valence-electron chi connectivity index (χ2n) is 3.89. The monoisotopic (exact) mass is 251 g/mol. The van der Waals surface area contributed by atoms with Crippen LogP contribution in [-0.4, -0.2) is 44.0 Å². The number of nitrogen functional groups attached to an aromatic ring is 1. The van der Waals surface area contributed by atoms with E-state index in [4.69, 9.17) is 10.5 Å². The minimum absolute atomic E-state index is 0.0422. The van der Waals surface area contributed by atoms with Gasteiger partial charge in [0.15, 0.2) is 6.61 Å². The van der Waals surface area contributed by atoms with Gasteiger partial charge in [-0.3, -0.25) is 9.59 Å². The number of ether oxygens (including phenoxy) is 1. The number of benzene rings is 1. The molecule has 0 aliphatic carbocycles. The third kappa shape index (κ3) is 4.32. The molecule has 0 aromatic heterocycles. The lowest BCUT2D eigenvalue weighted by Gasteiger charge is -2.11. The van der Waals surface area contributed by atoms with Gasteiger partial charge >= 0.3 is 0 Å². The number of hydrogen-bond acceptors (Lipinski definition) is 4. The van der Waals surface area contributed by atoms with Crippen LogP contribution in [0, 0.1) is 0 Å². The Morgan fingerprint density at radius 3 is 2.61 bits per heavy atom. The molecular weight excluding hydrogens is 234 g/mol. The largest absolute Gasteiger partial charge is 0.482 e. The normalized spacial score (nSPS) is 9.67. The highest BCUT2D eigenvalue weighted by Crippen LogP contribution is 2.19. The highest BCUT2D eigenvalue weighted by Gasteiger charge is 2.08.